The fourth-order valence-electron chi connectivity index (χ4n) is 2.07. The van der Waals surface area contributed by atoms with E-state index in [1.54, 1.807) is 0 Å². The second-order valence-corrected chi connectivity index (χ2v) is 4.10. The van der Waals surface area contributed by atoms with Crippen LogP contribution in [0, 0.1) is 11.8 Å². The third-order valence-electron chi connectivity index (χ3n) is 3.06. The predicted octanol–water partition coefficient (Wildman–Crippen LogP) is 2.19. The van der Waals surface area contributed by atoms with Crippen LogP contribution in [0.5, 0.6) is 0 Å². The highest BCUT2D eigenvalue weighted by Gasteiger charge is 2.52. The lowest BCUT2D eigenvalue weighted by Crippen LogP contribution is -2.45. The third kappa shape index (κ3) is 2.39. The second-order valence-electron chi connectivity index (χ2n) is 4.10. The first-order valence-corrected chi connectivity index (χ1v) is 5.49. The van der Waals surface area contributed by atoms with Gasteiger partial charge in [-0.15, -0.1) is 0 Å². The van der Waals surface area contributed by atoms with E-state index in [-0.39, 0.29) is 18.8 Å². The summed E-state index contributed by atoms with van der Waals surface area (Å²) in [5, 5.41) is 0. The zero-order chi connectivity index (χ0) is 12.3. The third-order valence-corrected chi connectivity index (χ3v) is 3.06. The largest absolute Gasteiger partial charge is 0.462 e. The number of carbonyl (C=O) groups is 2. The fraction of sp³-hybridized carbons (Fsp3) is 0.818. The van der Waals surface area contributed by atoms with Gasteiger partial charge in [-0.05, 0) is 19.8 Å². The topological polar surface area (TPSA) is 43.4 Å². The Bertz CT molecular complexity index is 289. The summed E-state index contributed by atoms with van der Waals surface area (Å²) in [6.07, 6.45) is 0.943. The highest BCUT2D eigenvalue weighted by molar-refractivity contribution is 5.84. The van der Waals surface area contributed by atoms with Gasteiger partial charge < -0.3 is 4.74 Å². The Labute approximate surface area is 93.2 Å². The molecule has 2 atom stereocenters. The Morgan fingerprint density at radius 2 is 2.19 bits per heavy atom. The molecule has 0 saturated heterocycles. The standard InChI is InChI=1S/C11H16F2O3/c1-3-16-10(15)11(12,13)8-5-4-6-9(14)7(8)2/h7-8H,3-6H2,1-2H3/t7-,8-/m0/s1. The lowest BCUT2D eigenvalue weighted by molar-refractivity contribution is -0.185. The molecular weight excluding hydrogens is 218 g/mol. The fourth-order valence-corrected chi connectivity index (χ4v) is 2.07. The van der Waals surface area contributed by atoms with E-state index in [0.717, 1.165) is 0 Å². The van der Waals surface area contributed by atoms with Crippen molar-refractivity contribution in [1.29, 1.82) is 0 Å². The van der Waals surface area contributed by atoms with E-state index in [9.17, 15) is 18.4 Å². The summed E-state index contributed by atoms with van der Waals surface area (Å²) in [4.78, 5) is 22.5. The van der Waals surface area contributed by atoms with Crippen molar-refractivity contribution in [3.05, 3.63) is 0 Å². The average molecular weight is 234 g/mol. The number of Topliss-reactive ketones (excluding diaryl/α,β-unsaturated/α-hetero) is 1. The number of alkyl halides is 2. The van der Waals surface area contributed by atoms with Gasteiger partial charge in [0.25, 0.3) is 0 Å². The molecule has 0 aromatic carbocycles. The van der Waals surface area contributed by atoms with Gasteiger partial charge in [0, 0.05) is 18.3 Å². The molecule has 1 rings (SSSR count). The molecular formula is C11H16F2O3. The van der Waals surface area contributed by atoms with E-state index in [1.165, 1.54) is 13.8 Å². The molecule has 0 unspecified atom stereocenters. The number of rotatable bonds is 3. The molecule has 0 aromatic rings. The van der Waals surface area contributed by atoms with Crippen LogP contribution in [0.4, 0.5) is 8.78 Å². The molecule has 1 saturated carbocycles. The maximum atomic E-state index is 13.7. The molecule has 1 fully saturated rings. The first-order chi connectivity index (χ1) is 7.41. The molecule has 0 heterocycles. The van der Waals surface area contributed by atoms with Gasteiger partial charge in [-0.1, -0.05) is 6.92 Å². The molecule has 0 radical (unpaired) electrons. The van der Waals surface area contributed by atoms with Crippen LogP contribution in [0.25, 0.3) is 0 Å². The van der Waals surface area contributed by atoms with E-state index in [0.29, 0.717) is 12.8 Å². The molecule has 5 heteroatoms. The van der Waals surface area contributed by atoms with Crippen LogP contribution in [0.1, 0.15) is 33.1 Å². The number of halogens is 2. The van der Waals surface area contributed by atoms with Gasteiger partial charge >= 0.3 is 11.9 Å². The van der Waals surface area contributed by atoms with E-state index in [2.05, 4.69) is 4.74 Å². The summed E-state index contributed by atoms with van der Waals surface area (Å²) >= 11 is 0. The van der Waals surface area contributed by atoms with E-state index < -0.39 is 23.7 Å². The van der Waals surface area contributed by atoms with Crippen LogP contribution in [0.15, 0.2) is 0 Å². The molecule has 3 nitrogen and oxygen atoms in total. The Morgan fingerprint density at radius 1 is 1.56 bits per heavy atom. The summed E-state index contributed by atoms with van der Waals surface area (Å²) in [5.41, 5.74) is 0. The predicted molar refractivity (Wildman–Crippen MR) is 53.1 cm³/mol. The Hall–Kier alpha value is -1.00. The van der Waals surface area contributed by atoms with Crippen molar-refractivity contribution in [2.75, 3.05) is 6.61 Å². The van der Waals surface area contributed by atoms with Crippen molar-refractivity contribution in [1.82, 2.24) is 0 Å². The molecule has 1 aliphatic rings. The Kier molecular flexibility index (Phi) is 3.99. The monoisotopic (exact) mass is 234 g/mol. The molecule has 0 amide bonds. The molecule has 0 N–H and O–H groups in total. The zero-order valence-electron chi connectivity index (χ0n) is 9.46. The number of carbonyl (C=O) groups excluding carboxylic acids is 2. The van der Waals surface area contributed by atoms with Crippen LogP contribution < -0.4 is 0 Å². The van der Waals surface area contributed by atoms with Crippen molar-refractivity contribution >= 4 is 11.8 Å². The maximum Gasteiger partial charge on any atom is 0.377 e. The highest BCUT2D eigenvalue weighted by atomic mass is 19.3. The minimum atomic E-state index is -3.55. The first-order valence-electron chi connectivity index (χ1n) is 5.49. The number of ether oxygens (including phenoxy) is 1. The Morgan fingerprint density at radius 3 is 2.75 bits per heavy atom. The van der Waals surface area contributed by atoms with Gasteiger partial charge in [-0.25, -0.2) is 4.79 Å². The van der Waals surface area contributed by atoms with Crippen molar-refractivity contribution in [2.45, 2.75) is 39.0 Å². The lowest BCUT2D eigenvalue weighted by Gasteiger charge is -2.32. The van der Waals surface area contributed by atoms with Crippen LogP contribution >= 0.6 is 0 Å². The maximum absolute atomic E-state index is 13.7. The number of esters is 1. The molecule has 0 spiro atoms. The lowest BCUT2D eigenvalue weighted by atomic mass is 9.76. The molecule has 1 aliphatic carbocycles. The van der Waals surface area contributed by atoms with Gasteiger partial charge in [0.2, 0.25) is 0 Å². The van der Waals surface area contributed by atoms with Gasteiger partial charge in [0.15, 0.2) is 0 Å². The SMILES string of the molecule is CCOC(=O)C(F)(F)[C@H]1CCCC(=O)[C@H]1C. The van der Waals surface area contributed by atoms with Gasteiger partial charge in [0.1, 0.15) is 5.78 Å². The quantitative estimate of drug-likeness (QED) is 0.703. The number of ketones is 1. The van der Waals surface area contributed by atoms with Crippen LogP contribution in [-0.4, -0.2) is 24.3 Å². The highest BCUT2D eigenvalue weighted by Crippen LogP contribution is 2.39. The number of hydrogen-bond acceptors (Lipinski definition) is 3. The molecule has 92 valence electrons. The molecule has 16 heavy (non-hydrogen) atoms. The van der Waals surface area contributed by atoms with Gasteiger partial charge in [-0.2, -0.15) is 8.78 Å². The van der Waals surface area contributed by atoms with Crippen molar-refractivity contribution < 1.29 is 23.1 Å². The summed E-state index contributed by atoms with van der Waals surface area (Å²) in [6.45, 7) is 2.85. The number of hydrogen-bond donors (Lipinski definition) is 0. The summed E-state index contributed by atoms with van der Waals surface area (Å²) in [5.74, 6) is -7.24. The minimum Gasteiger partial charge on any atom is -0.462 e. The molecule has 0 bridgehead atoms. The summed E-state index contributed by atoms with van der Waals surface area (Å²) < 4.78 is 31.7. The average Bonchev–Trinajstić information content (AvgIpc) is 2.22. The summed E-state index contributed by atoms with van der Waals surface area (Å²) in [7, 11) is 0. The Balaban J connectivity index is 2.81. The van der Waals surface area contributed by atoms with Gasteiger partial charge in [-0.3, -0.25) is 4.79 Å². The smallest absolute Gasteiger partial charge is 0.377 e. The van der Waals surface area contributed by atoms with Crippen molar-refractivity contribution in [3.8, 4) is 0 Å². The zero-order valence-corrected chi connectivity index (χ0v) is 9.46. The normalized spacial score (nSPS) is 26.6. The molecule has 0 aromatic heterocycles. The van der Waals surface area contributed by atoms with Crippen LogP contribution in [0.3, 0.4) is 0 Å². The molecule has 0 aliphatic heterocycles. The second kappa shape index (κ2) is 4.89. The minimum absolute atomic E-state index is 0.0799. The van der Waals surface area contributed by atoms with Crippen molar-refractivity contribution in [2.24, 2.45) is 11.8 Å². The van der Waals surface area contributed by atoms with E-state index in [4.69, 9.17) is 0 Å². The van der Waals surface area contributed by atoms with Crippen LogP contribution in [0.2, 0.25) is 0 Å². The van der Waals surface area contributed by atoms with Crippen molar-refractivity contribution in [3.63, 3.8) is 0 Å². The van der Waals surface area contributed by atoms with E-state index >= 15 is 0 Å². The van der Waals surface area contributed by atoms with E-state index in [1.807, 2.05) is 0 Å². The van der Waals surface area contributed by atoms with Crippen LogP contribution in [-0.2, 0) is 14.3 Å². The first kappa shape index (κ1) is 13.1. The van der Waals surface area contributed by atoms with Gasteiger partial charge in [0.05, 0.1) is 6.61 Å². The summed E-state index contributed by atoms with van der Waals surface area (Å²) in [6, 6.07) is 0.